The van der Waals surface area contributed by atoms with Gasteiger partial charge < -0.3 is 14.9 Å². The Bertz CT molecular complexity index is 572. The minimum absolute atomic E-state index is 0.139. The molecule has 0 spiro atoms. The summed E-state index contributed by atoms with van der Waals surface area (Å²) in [6, 6.07) is 8.75. The van der Waals surface area contributed by atoms with Crippen molar-refractivity contribution in [1.29, 1.82) is 0 Å². The summed E-state index contributed by atoms with van der Waals surface area (Å²) in [6.45, 7) is 1.40. The van der Waals surface area contributed by atoms with Gasteiger partial charge in [-0.2, -0.15) is 0 Å². The molecule has 0 unspecified atom stereocenters. The predicted molar refractivity (Wildman–Crippen MR) is 86.5 cm³/mol. The number of nitrogens with zero attached hydrogens (tertiary/aromatic N) is 2. The highest BCUT2D eigenvalue weighted by atomic mass is 79.9. The quantitative estimate of drug-likeness (QED) is 0.821. The lowest BCUT2D eigenvalue weighted by molar-refractivity contribution is 0.137. The van der Waals surface area contributed by atoms with Crippen molar-refractivity contribution in [1.82, 2.24) is 4.90 Å². The van der Waals surface area contributed by atoms with Crippen LogP contribution in [0.3, 0.4) is 0 Å². The van der Waals surface area contributed by atoms with Crippen LogP contribution in [0.1, 0.15) is 12.0 Å². The number of fused-ring (bicyclic) bond motifs is 2. The van der Waals surface area contributed by atoms with Crippen LogP contribution >= 0.6 is 31.9 Å². The van der Waals surface area contributed by atoms with Crippen LogP contribution < -0.4 is 4.90 Å². The molecule has 2 heterocycles. The summed E-state index contributed by atoms with van der Waals surface area (Å²) in [4.78, 5) is 15.0. The summed E-state index contributed by atoms with van der Waals surface area (Å²) in [5.41, 5.74) is 2.28. The molecule has 1 N–H and O–H groups in total. The lowest BCUT2D eigenvalue weighted by Gasteiger charge is -2.34. The van der Waals surface area contributed by atoms with Crippen molar-refractivity contribution < 1.29 is 9.90 Å². The van der Waals surface area contributed by atoms with Gasteiger partial charge in [0.05, 0.1) is 9.43 Å². The van der Waals surface area contributed by atoms with Gasteiger partial charge in [-0.25, -0.2) is 4.79 Å². The third-order valence-corrected chi connectivity index (χ3v) is 4.42. The second kappa shape index (κ2) is 5.41. The van der Waals surface area contributed by atoms with Gasteiger partial charge in [-0.05, 0) is 62.1 Å². The maximum Gasteiger partial charge on any atom is 0.407 e. The van der Waals surface area contributed by atoms with E-state index in [2.05, 4.69) is 48.9 Å². The highest BCUT2D eigenvalue weighted by Crippen LogP contribution is 2.35. The highest BCUT2D eigenvalue weighted by Gasteiger charge is 2.45. The third kappa shape index (κ3) is 2.59. The Kier molecular flexibility index (Phi) is 3.77. The predicted octanol–water partition coefficient (Wildman–Crippen LogP) is 3.72. The standard InChI is InChI=1S/C14H14Br2N2O2/c15-13(16)5-9-2-1-3-10(4-9)17-7-12-6-11(17)8-18(12)14(19)20/h1-5,11-12H,6-8H2,(H,19,20)/t11-,12-/m0/s1. The summed E-state index contributed by atoms with van der Waals surface area (Å²) in [7, 11) is 0. The molecule has 1 aromatic rings. The summed E-state index contributed by atoms with van der Waals surface area (Å²) in [5, 5.41) is 9.12. The number of carboxylic acid groups (broad SMARTS) is 1. The first-order valence-electron chi connectivity index (χ1n) is 6.43. The summed E-state index contributed by atoms with van der Waals surface area (Å²) >= 11 is 6.74. The van der Waals surface area contributed by atoms with E-state index in [1.807, 2.05) is 18.2 Å². The Balaban J connectivity index is 1.80. The Morgan fingerprint density at radius 3 is 2.70 bits per heavy atom. The van der Waals surface area contributed by atoms with E-state index >= 15 is 0 Å². The van der Waals surface area contributed by atoms with E-state index < -0.39 is 6.09 Å². The van der Waals surface area contributed by atoms with Crippen molar-refractivity contribution in [2.24, 2.45) is 0 Å². The number of rotatable bonds is 2. The van der Waals surface area contributed by atoms with E-state index in [0.29, 0.717) is 12.6 Å². The fourth-order valence-corrected chi connectivity index (χ4v) is 3.67. The molecular weight excluding hydrogens is 388 g/mol. The third-order valence-electron chi connectivity index (χ3n) is 3.96. The van der Waals surface area contributed by atoms with Gasteiger partial charge in [0.25, 0.3) is 0 Å². The zero-order valence-corrected chi connectivity index (χ0v) is 13.8. The smallest absolute Gasteiger partial charge is 0.407 e. The van der Waals surface area contributed by atoms with Gasteiger partial charge in [-0.1, -0.05) is 12.1 Å². The highest BCUT2D eigenvalue weighted by molar-refractivity contribution is 9.28. The van der Waals surface area contributed by atoms with E-state index in [-0.39, 0.29) is 6.04 Å². The molecule has 1 amide bonds. The SMILES string of the molecule is O=C(O)N1C[C@@H]2C[C@H]1CN2c1cccc(C=C(Br)Br)c1. The molecule has 6 heteroatoms. The van der Waals surface area contributed by atoms with E-state index in [9.17, 15) is 4.79 Å². The van der Waals surface area contributed by atoms with Crippen LogP contribution in [0, 0.1) is 0 Å². The average molecular weight is 402 g/mol. The monoisotopic (exact) mass is 400 g/mol. The molecular formula is C14H14Br2N2O2. The zero-order valence-electron chi connectivity index (χ0n) is 10.7. The molecule has 4 nitrogen and oxygen atoms in total. The van der Waals surface area contributed by atoms with Crippen LogP contribution in [0.15, 0.2) is 27.7 Å². The number of anilines is 1. The number of carbonyl (C=O) groups is 1. The number of hydrogen-bond acceptors (Lipinski definition) is 2. The van der Waals surface area contributed by atoms with Crippen LogP contribution in [0.25, 0.3) is 6.08 Å². The fraction of sp³-hybridized carbons (Fsp3) is 0.357. The van der Waals surface area contributed by atoms with E-state index in [1.54, 1.807) is 4.90 Å². The summed E-state index contributed by atoms with van der Waals surface area (Å²) in [6.07, 6.45) is 2.15. The number of piperazine rings is 1. The summed E-state index contributed by atoms with van der Waals surface area (Å²) in [5.74, 6) is 0. The van der Waals surface area contributed by atoms with Gasteiger partial charge in [0.15, 0.2) is 0 Å². The van der Waals surface area contributed by atoms with Crippen LogP contribution in [0.2, 0.25) is 0 Å². The maximum atomic E-state index is 11.1. The minimum atomic E-state index is -0.794. The van der Waals surface area contributed by atoms with Crippen LogP contribution in [-0.2, 0) is 0 Å². The van der Waals surface area contributed by atoms with Gasteiger partial charge in [0.1, 0.15) is 0 Å². The molecule has 20 heavy (non-hydrogen) atoms. The van der Waals surface area contributed by atoms with Crippen LogP contribution in [-0.4, -0.2) is 41.3 Å². The first-order valence-corrected chi connectivity index (χ1v) is 8.02. The van der Waals surface area contributed by atoms with Crippen molar-refractivity contribution in [3.63, 3.8) is 0 Å². The molecule has 0 radical (unpaired) electrons. The molecule has 1 aromatic carbocycles. The normalized spacial score (nSPS) is 24.1. The number of hydrogen-bond donors (Lipinski definition) is 1. The first kappa shape index (κ1) is 13.9. The molecule has 0 aliphatic carbocycles. The Morgan fingerprint density at radius 1 is 1.30 bits per heavy atom. The second-order valence-corrected chi connectivity index (χ2v) is 7.93. The molecule has 0 saturated carbocycles. The maximum absolute atomic E-state index is 11.1. The van der Waals surface area contributed by atoms with Gasteiger partial charge in [0.2, 0.25) is 0 Å². The number of amides is 1. The Labute approximate surface area is 134 Å². The Morgan fingerprint density at radius 2 is 2.10 bits per heavy atom. The van der Waals surface area contributed by atoms with Crippen molar-refractivity contribution in [2.45, 2.75) is 18.5 Å². The van der Waals surface area contributed by atoms with Crippen LogP contribution in [0.5, 0.6) is 0 Å². The molecule has 2 atom stereocenters. The van der Waals surface area contributed by atoms with E-state index in [1.165, 1.54) is 0 Å². The molecule has 2 fully saturated rings. The van der Waals surface area contributed by atoms with Crippen molar-refractivity contribution >= 4 is 49.7 Å². The molecule has 3 rings (SSSR count). The number of likely N-dealkylation sites (tertiary alicyclic amines) is 1. The molecule has 2 bridgehead atoms. The first-order chi connectivity index (χ1) is 9.54. The van der Waals surface area contributed by atoms with E-state index in [4.69, 9.17) is 5.11 Å². The topological polar surface area (TPSA) is 43.8 Å². The average Bonchev–Trinajstić information content (AvgIpc) is 2.97. The van der Waals surface area contributed by atoms with Gasteiger partial charge >= 0.3 is 6.09 Å². The molecule has 2 aliphatic rings. The number of halogens is 2. The lowest BCUT2D eigenvalue weighted by Crippen LogP contribution is -2.48. The molecule has 0 aromatic heterocycles. The fourth-order valence-electron chi connectivity index (χ4n) is 3.14. The van der Waals surface area contributed by atoms with Crippen molar-refractivity contribution in [2.75, 3.05) is 18.0 Å². The summed E-state index contributed by atoms with van der Waals surface area (Å²) < 4.78 is 0.905. The zero-order chi connectivity index (χ0) is 14.3. The molecule has 106 valence electrons. The second-order valence-electron chi connectivity index (χ2n) is 5.16. The lowest BCUT2D eigenvalue weighted by atomic mass is 10.1. The van der Waals surface area contributed by atoms with Crippen molar-refractivity contribution in [3.8, 4) is 0 Å². The van der Waals surface area contributed by atoms with Gasteiger partial charge in [-0.15, -0.1) is 0 Å². The molecule has 2 aliphatic heterocycles. The number of benzene rings is 1. The molecule has 2 saturated heterocycles. The Hall–Kier alpha value is -1.01. The minimum Gasteiger partial charge on any atom is -0.465 e. The van der Waals surface area contributed by atoms with Crippen molar-refractivity contribution in [3.05, 3.63) is 33.2 Å². The van der Waals surface area contributed by atoms with Gasteiger partial charge in [-0.3, -0.25) is 0 Å². The van der Waals surface area contributed by atoms with Gasteiger partial charge in [0, 0.05) is 24.8 Å². The largest absolute Gasteiger partial charge is 0.465 e. The van der Waals surface area contributed by atoms with Crippen LogP contribution in [0.4, 0.5) is 10.5 Å². The van der Waals surface area contributed by atoms with E-state index in [0.717, 1.165) is 27.6 Å².